The summed E-state index contributed by atoms with van der Waals surface area (Å²) >= 11 is -2.63. The maximum atomic E-state index is 9.99. The second-order valence-electron chi connectivity index (χ2n) is 0.658. The summed E-state index contributed by atoms with van der Waals surface area (Å²) in [6.07, 6.45) is 0. The molecule has 0 fully saturated rings. The van der Waals surface area contributed by atoms with Crippen molar-refractivity contribution in [1.29, 1.82) is 0 Å². The van der Waals surface area contributed by atoms with Crippen molar-refractivity contribution in [2.45, 2.75) is 0 Å². The second-order valence-corrected chi connectivity index (χ2v) is 3.42. The van der Waals surface area contributed by atoms with Crippen LogP contribution < -0.4 is 0 Å². The van der Waals surface area contributed by atoms with E-state index in [1.807, 2.05) is 0 Å². The third-order valence-corrected chi connectivity index (χ3v) is 1.73. The Morgan fingerprint density at radius 3 is 1.57 bits per heavy atom. The zero-order valence-electron chi connectivity index (χ0n) is 3.72. The molecule has 5 heteroatoms. The van der Waals surface area contributed by atoms with E-state index >= 15 is 0 Å². The predicted octanol–water partition coefficient (Wildman–Crippen LogP) is -1.49. The van der Waals surface area contributed by atoms with Crippen LogP contribution in [0, 0.1) is 0 Å². The van der Waals surface area contributed by atoms with Crippen molar-refractivity contribution < 1.29 is 11.2 Å². The molecule has 0 aromatic carbocycles. The number of rotatable bonds is 2. The molecule has 0 N–H and O–H groups in total. The van der Waals surface area contributed by atoms with Crippen molar-refractivity contribution in [1.82, 2.24) is 0 Å². The van der Waals surface area contributed by atoms with Crippen molar-refractivity contribution in [2.24, 2.45) is 0 Å². The molecular formula is C2H9AsCaO3. The molecule has 0 aliphatic rings. The SMILES string of the molecule is CO[AsH](=O)OC.[CaH2]. The summed E-state index contributed by atoms with van der Waals surface area (Å²) in [5.41, 5.74) is 0. The van der Waals surface area contributed by atoms with Gasteiger partial charge in [0.1, 0.15) is 0 Å². The summed E-state index contributed by atoms with van der Waals surface area (Å²) in [5.74, 6) is 0. The van der Waals surface area contributed by atoms with Crippen LogP contribution in [0.2, 0.25) is 0 Å². The first-order chi connectivity index (χ1) is 2.81. The van der Waals surface area contributed by atoms with Gasteiger partial charge < -0.3 is 0 Å². The van der Waals surface area contributed by atoms with Crippen molar-refractivity contribution in [3.05, 3.63) is 0 Å². The van der Waals surface area contributed by atoms with Gasteiger partial charge in [0.25, 0.3) is 0 Å². The molecule has 0 aliphatic carbocycles. The second kappa shape index (κ2) is 7.54. The van der Waals surface area contributed by atoms with Crippen LogP contribution in [0.3, 0.4) is 0 Å². The quantitative estimate of drug-likeness (QED) is 0.505. The molecule has 0 radical (unpaired) electrons. The molecule has 0 bridgehead atoms. The number of hydrogen-bond donors (Lipinski definition) is 0. The Hall–Kier alpha value is 1.54. The van der Waals surface area contributed by atoms with Crippen molar-refractivity contribution in [2.75, 3.05) is 14.2 Å². The van der Waals surface area contributed by atoms with Gasteiger partial charge in [-0.25, -0.2) is 0 Å². The molecule has 0 spiro atoms. The summed E-state index contributed by atoms with van der Waals surface area (Å²) in [6.45, 7) is 0. The van der Waals surface area contributed by atoms with Gasteiger partial charge in [-0.3, -0.25) is 0 Å². The van der Waals surface area contributed by atoms with E-state index in [2.05, 4.69) is 7.45 Å². The van der Waals surface area contributed by atoms with Gasteiger partial charge in [-0.15, -0.1) is 0 Å². The van der Waals surface area contributed by atoms with E-state index in [0.717, 1.165) is 0 Å². The molecule has 0 unspecified atom stereocenters. The van der Waals surface area contributed by atoms with Gasteiger partial charge in [-0.1, -0.05) is 0 Å². The first kappa shape index (κ1) is 11.3. The summed E-state index contributed by atoms with van der Waals surface area (Å²) < 4.78 is 18.6. The molecule has 7 heavy (non-hydrogen) atoms. The molecule has 42 valence electrons. The Bertz CT molecular complexity index is 50.9. The summed E-state index contributed by atoms with van der Waals surface area (Å²) in [7, 11) is 2.73. The van der Waals surface area contributed by atoms with E-state index in [1.165, 1.54) is 14.2 Å². The van der Waals surface area contributed by atoms with Gasteiger partial charge in [-0.05, 0) is 0 Å². The van der Waals surface area contributed by atoms with E-state index in [9.17, 15) is 3.74 Å². The van der Waals surface area contributed by atoms with E-state index < -0.39 is 15.3 Å². The minimum atomic E-state index is -2.63. The Morgan fingerprint density at radius 2 is 1.57 bits per heavy atom. The summed E-state index contributed by atoms with van der Waals surface area (Å²) in [5, 5.41) is 0. The fraction of sp³-hybridized carbons (Fsp3) is 1.00. The molecule has 0 atom stereocenters. The minimum absolute atomic E-state index is 0. The zero-order valence-corrected chi connectivity index (χ0v) is 5.82. The Kier molecular flexibility index (Phi) is 12.2. The van der Waals surface area contributed by atoms with Gasteiger partial charge in [0, 0.05) is 0 Å². The molecule has 0 heterocycles. The Labute approximate surface area is 77.6 Å². The van der Waals surface area contributed by atoms with Crippen LogP contribution in [0.1, 0.15) is 0 Å². The topological polar surface area (TPSA) is 35.5 Å². The summed E-state index contributed by atoms with van der Waals surface area (Å²) in [4.78, 5) is 0. The van der Waals surface area contributed by atoms with E-state index in [-0.39, 0.29) is 37.7 Å². The first-order valence-corrected chi connectivity index (χ1v) is 4.00. The molecule has 0 saturated heterocycles. The maximum absolute atomic E-state index is 9.99. The predicted molar refractivity (Wildman–Crippen MR) is 30.4 cm³/mol. The van der Waals surface area contributed by atoms with Crippen LogP contribution in [-0.2, 0) is 11.2 Å². The van der Waals surface area contributed by atoms with Crippen LogP contribution in [0.15, 0.2) is 0 Å². The third kappa shape index (κ3) is 7.54. The van der Waals surface area contributed by atoms with Gasteiger partial charge >= 0.3 is 78.4 Å². The molecule has 3 nitrogen and oxygen atoms in total. The third-order valence-electron chi connectivity index (χ3n) is 0.333. The fourth-order valence-corrected chi connectivity index (χ4v) is 0.433. The standard InChI is InChI=1S/C2H7AsO3.Ca.2H/c1-5-3(4)6-2;;;/h3H,1-2H3;;;. The van der Waals surface area contributed by atoms with Gasteiger partial charge in [0.05, 0.1) is 0 Å². The Balaban J connectivity index is 0. The van der Waals surface area contributed by atoms with Crippen molar-refractivity contribution >= 4 is 53.0 Å². The van der Waals surface area contributed by atoms with Gasteiger partial charge in [0.15, 0.2) is 0 Å². The average Bonchev–Trinajstić information content (AvgIpc) is 1.65. The zero-order chi connectivity index (χ0) is 4.99. The van der Waals surface area contributed by atoms with Crippen LogP contribution in [0.4, 0.5) is 0 Å². The molecule has 0 aromatic rings. The molecular weight excluding hydrogens is 187 g/mol. The van der Waals surface area contributed by atoms with Crippen LogP contribution in [0.25, 0.3) is 0 Å². The molecule has 0 rings (SSSR count). The van der Waals surface area contributed by atoms with Crippen LogP contribution >= 0.6 is 0 Å². The van der Waals surface area contributed by atoms with E-state index in [1.54, 1.807) is 0 Å². The van der Waals surface area contributed by atoms with Crippen LogP contribution in [-0.4, -0.2) is 67.2 Å². The number of hydrogen-bond acceptors (Lipinski definition) is 3. The Morgan fingerprint density at radius 1 is 1.29 bits per heavy atom. The van der Waals surface area contributed by atoms with E-state index in [4.69, 9.17) is 0 Å². The van der Waals surface area contributed by atoms with Crippen molar-refractivity contribution in [3.8, 4) is 0 Å². The van der Waals surface area contributed by atoms with Gasteiger partial charge in [0.2, 0.25) is 0 Å². The average molecular weight is 196 g/mol. The van der Waals surface area contributed by atoms with Crippen LogP contribution in [0.5, 0.6) is 0 Å². The molecule has 0 aliphatic heterocycles. The monoisotopic (exact) mass is 196 g/mol. The van der Waals surface area contributed by atoms with E-state index in [0.29, 0.717) is 0 Å². The molecule has 0 amide bonds. The first-order valence-electron chi connectivity index (χ1n) is 1.43. The molecule has 0 saturated carbocycles. The normalized spacial score (nSPS) is 8.43. The summed E-state index contributed by atoms with van der Waals surface area (Å²) in [6, 6.07) is 0. The van der Waals surface area contributed by atoms with Crippen molar-refractivity contribution in [3.63, 3.8) is 0 Å². The fourth-order valence-electron chi connectivity index (χ4n) is 0.0833. The van der Waals surface area contributed by atoms with Gasteiger partial charge in [-0.2, -0.15) is 0 Å². The molecule has 0 aromatic heterocycles.